The number of likely N-dealkylation sites (tertiary alicyclic amines) is 1. The van der Waals surface area contributed by atoms with Crippen LogP contribution in [0.3, 0.4) is 0 Å². The molecule has 1 heterocycles. The molecular weight excluding hydrogens is 336 g/mol. The van der Waals surface area contributed by atoms with E-state index in [1.54, 1.807) is 36.1 Å². The summed E-state index contributed by atoms with van der Waals surface area (Å²) in [5, 5.41) is 2.80. The van der Waals surface area contributed by atoms with Crippen molar-refractivity contribution >= 4 is 18.0 Å². The zero-order valence-electron chi connectivity index (χ0n) is 14.9. The molecule has 7 heteroatoms. The van der Waals surface area contributed by atoms with Crippen LogP contribution in [0, 0.1) is 5.92 Å². The number of hydrogen-bond donors (Lipinski definition) is 1. The first kappa shape index (κ1) is 19.5. The summed E-state index contributed by atoms with van der Waals surface area (Å²) >= 11 is 0. The summed E-state index contributed by atoms with van der Waals surface area (Å²) in [6, 6.07) is 6.41. The van der Waals surface area contributed by atoms with Crippen LogP contribution in [0.2, 0.25) is 0 Å². The third-order valence-electron chi connectivity index (χ3n) is 4.22. The van der Waals surface area contributed by atoms with Gasteiger partial charge in [-0.2, -0.15) is 0 Å². The van der Waals surface area contributed by atoms with Crippen LogP contribution >= 0.6 is 0 Å². The molecule has 0 radical (unpaired) electrons. The second-order valence-electron chi connectivity index (χ2n) is 5.99. The molecule has 0 aliphatic carbocycles. The van der Waals surface area contributed by atoms with Gasteiger partial charge in [0.25, 0.3) is 5.91 Å². The van der Waals surface area contributed by atoms with Gasteiger partial charge >= 0.3 is 6.16 Å². The number of amides is 2. The highest BCUT2D eigenvalue weighted by molar-refractivity contribution is 5.94. The average Bonchev–Trinajstić information content (AvgIpc) is 2.66. The summed E-state index contributed by atoms with van der Waals surface area (Å²) in [5.74, 6) is 0.467. The van der Waals surface area contributed by atoms with E-state index in [-0.39, 0.29) is 18.4 Å². The van der Waals surface area contributed by atoms with Gasteiger partial charge < -0.3 is 19.7 Å². The van der Waals surface area contributed by atoms with E-state index in [2.05, 4.69) is 11.9 Å². The fourth-order valence-corrected chi connectivity index (χ4v) is 2.75. The highest BCUT2D eigenvalue weighted by Crippen LogP contribution is 2.20. The molecule has 2 rings (SSSR count). The van der Waals surface area contributed by atoms with Crippen LogP contribution in [0.1, 0.15) is 30.1 Å². The van der Waals surface area contributed by atoms with E-state index >= 15 is 0 Å². The van der Waals surface area contributed by atoms with E-state index in [0.29, 0.717) is 36.9 Å². The normalized spacial score (nSPS) is 14.4. The Hall–Kier alpha value is -2.83. The standard InChI is InChI=1S/C19H24N2O5/c1-3-17(22)20-13-14-9-11-21(12-10-14)18(23)15-5-7-16(8-6-15)26-19(24)25-4-2/h3,5-8,14H,1,4,9-13H2,2H3,(H,20,22). The minimum absolute atomic E-state index is 0.0544. The molecule has 2 amide bonds. The minimum atomic E-state index is -0.766. The van der Waals surface area contributed by atoms with Crippen molar-refractivity contribution < 1.29 is 23.9 Å². The number of nitrogens with one attached hydrogen (secondary N) is 1. The highest BCUT2D eigenvalue weighted by atomic mass is 16.7. The smallest absolute Gasteiger partial charge is 0.434 e. The van der Waals surface area contributed by atoms with Crippen LogP contribution < -0.4 is 10.1 Å². The molecule has 140 valence electrons. The topological polar surface area (TPSA) is 84.9 Å². The Morgan fingerprint density at radius 2 is 1.88 bits per heavy atom. The number of rotatable bonds is 6. The lowest BCUT2D eigenvalue weighted by Crippen LogP contribution is -2.41. The second-order valence-corrected chi connectivity index (χ2v) is 5.99. The van der Waals surface area contributed by atoms with Gasteiger partial charge in [-0.15, -0.1) is 0 Å². The molecule has 1 saturated heterocycles. The van der Waals surface area contributed by atoms with Gasteiger partial charge in [0.2, 0.25) is 5.91 Å². The maximum absolute atomic E-state index is 12.6. The van der Waals surface area contributed by atoms with Crippen LogP contribution in [-0.2, 0) is 9.53 Å². The first-order chi connectivity index (χ1) is 12.5. The predicted octanol–water partition coefficient (Wildman–Crippen LogP) is 2.38. The molecule has 0 saturated carbocycles. The molecule has 7 nitrogen and oxygen atoms in total. The van der Waals surface area contributed by atoms with Crippen molar-refractivity contribution in [2.45, 2.75) is 19.8 Å². The summed E-state index contributed by atoms with van der Waals surface area (Å²) in [7, 11) is 0. The van der Waals surface area contributed by atoms with Gasteiger partial charge in [-0.3, -0.25) is 9.59 Å². The van der Waals surface area contributed by atoms with E-state index in [1.807, 2.05) is 0 Å². The molecule has 0 aromatic heterocycles. The fraction of sp³-hybridized carbons (Fsp3) is 0.421. The number of piperidine rings is 1. The largest absolute Gasteiger partial charge is 0.513 e. The molecule has 1 aromatic carbocycles. The van der Waals surface area contributed by atoms with Crippen LogP contribution in [0.15, 0.2) is 36.9 Å². The lowest BCUT2D eigenvalue weighted by atomic mass is 9.96. The Morgan fingerprint density at radius 3 is 2.46 bits per heavy atom. The van der Waals surface area contributed by atoms with Crippen LogP contribution in [0.5, 0.6) is 5.75 Å². The summed E-state index contributed by atoms with van der Waals surface area (Å²) in [6.45, 7) is 7.26. The monoisotopic (exact) mass is 360 g/mol. The molecule has 0 atom stereocenters. The van der Waals surface area contributed by atoms with Crippen molar-refractivity contribution in [1.82, 2.24) is 10.2 Å². The summed E-state index contributed by atoms with van der Waals surface area (Å²) < 4.78 is 9.68. The zero-order chi connectivity index (χ0) is 18.9. The molecule has 1 aliphatic rings. The number of carbonyl (C=O) groups is 3. The number of carbonyl (C=O) groups excluding carboxylic acids is 3. The summed E-state index contributed by atoms with van der Waals surface area (Å²) in [5.41, 5.74) is 0.541. The first-order valence-electron chi connectivity index (χ1n) is 8.67. The number of ether oxygens (including phenoxy) is 2. The quantitative estimate of drug-likeness (QED) is 0.478. The van der Waals surface area contributed by atoms with Crippen molar-refractivity contribution in [3.05, 3.63) is 42.5 Å². The van der Waals surface area contributed by atoms with Crippen molar-refractivity contribution in [2.75, 3.05) is 26.2 Å². The van der Waals surface area contributed by atoms with Gasteiger partial charge in [0.05, 0.1) is 6.61 Å². The molecule has 0 bridgehead atoms. The van der Waals surface area contributed by atoms with Crippen molar-refractivity contribution in [1.29, 1.82) is 0 Å². The average molecular weight is 360 g/mol. The van der Waals surface area contributed by atoms with E-state index in [0.717, 1.165) is 12.8 Å². The Kier molecular flexibility index (Phi) is 7.20. The molecule has 0 unspecified atom stereocenters. The summed E-state index contributed by atoms with van der Waals surface area (Å²) in [4.78, 5) is 36.8. The maximum atomic E-state index is 12.6. The zero-order valence-corrected chi connectivity index (χ0v) is 14.9. The van der Waals surface area contributed by atoms with Gasteiger partial charge in [0.1, 0.15) is 5.75 Å². The third kappa shape index (κ3) is 5.61. The lowest BCUT2D eigenvalue weighted by Gasteiger charge is -2.32. The van der Waals surface area contributed by atoms with Gasteiger partial charge in [0.15, 0.2) is 0 Å². The van der Waals surface area contributed by atoms with Crippen molar-refractivity contribution in [2.24, 2.45) is 5.92 Å². The molecule has 1 fully saturated rings. The van der Waals surface area contributed by atoms with E-state index in [9.17, 15) is 14.4 Å². The molecule has 1 aromatic rings. The fourth-order valence-electron chi connectivity index (χ4n) is 2.75. The Balaban J connectivity index is 1.83. The number of hydrogen-bond acceptors (Lipinski definition) is 5. The molecule has 1 N–H and O–H groups in total. The maximum Gasteiger partial charge on any atom is 0.513 e. The molecule has 1 aliphatic heterocycles. The van der Waals surface area contributed by atoms with E-state index < -0.39 is 6.16 Å². The van der Waals surface area contributed by atoms with Crippen molar-refractivity contribution in [3.63, 3.8) is 0 Å². The third-order valence-corrected chi connectivity index (χ3v) is 4.22. The first-order valence-corrected chi connectivity index (χ1v) is 8.67. The molecule has 0 spiro atoms. The van der Waals surface area contributed by atoms with Crippen LogP contribution in [0.25, 0.3) is 0 Å². The lowest BCUT2D eigenvalue weighted by molar-refractivity contribution is -0.116. The van der Waals surface area contributed by atoms with Gasteiger partial charge in [-0.25, -0.2) is 4.79 Å². The number of benzene rings is 1. The SMILES string of the molecule is C=CC(=O)NCC1CCN(C(=O)c2ccc(OC(=O)OCC)cc2)CC1. The Labute approximate surface area is 153 Å². The van der Waals surface area contributed by atoms with Crippen molar-refractivity contribution in [3.8, 4) is 5.75 Å². The Morgan fingerprint density at radius 1 is 1.23 bits per heavy atom. The predicted molar refractivity (Wildman–Crippen MR) is 95.9 cm³/mol. The number of nitrogens with zero attached hydrogens (tertiary/aromatic N) is 1. The van der Waals surface area contributed by atoms with Gasteiger partial charge in [0, 0.05) is 25.2 Å². The summed E-state index contributed by atoms with van der Waals surface area (Å²) in [6.07, 6.45) is 2.17. The molecule has 26 heavy (non-hydrogen) atoms. The minimum Gasteiger partial charge on any atom is -0.434 e. The van der Waals surface area contributed by atoms with Crippen LogP contribution in [-0.4, -0.2) is 49.1 Å². The molecular formula is C19H24N2O5. The van der Waals surface area contributed by atoms with E-state index in [4.69, 9.17) is 9.47 Å². The van der Waals surface area contributed by atoms with E-state index in [1.165, 1.54) is 6.08 Å². The highest BCUT2D eigenvalue weighted by Gasteiger charge is 2.23. The second kappa shape index (κ2) is 9.60. The Bertz CT molecular complexity index is 648. The van der Waals surface area contributed by atoms with Gasteiger partial charge in [-0.05, 0) is 56.0 Å². The van der Waals surface area contributed by atoms with Gasteiger partial charge in [-0.1, -0.05) is 6.58 Å². The van der Waals surface area contributed by atoms with Crippen LogP contribution in [0.4, 0.5) is 4.79 Å².